The van der Waals surface area contributed by atoms with Crippen molar-refractivity contribution >= 4 is 54.8 Å². The Morgan fingerprint density at radius 3 is 2.33 bits per heavy atom. The Bertz CT molecular complexity index is 480. The van der Waals surface area contributed by atoms with E-state index < -0.39 is 0 Å². The second-order valence-corrected chi connectivity index (χ2v) is 6.49. The molecule has 96 valence electrons. The van der Waals surface area contributed by atoms with Crippen molar-refractivity contribution in [3.8, 4) is 0 Å². The molecule has 18 heavy (non-hydrogen) atoms. The van der Waals surface area contributed by atoms with Crippen LogP contribution in [0.3, 0.4) is 0 Å². The van der Waals surface area contributed by atoms with Crippen molar-refractivity contribution in [3.05, 3.63) is 51.4 Å². The van der Waals surface area contributed by atoms with Gasteiger partial charge in [0.2, 0.25) is 0 Å². The molecule has 0 amide bonds. The normalized spacial score (nSPS) is 11.7. The van der Waals surface area contributed by atoms with Crippen LogP contribution in [-0.2, 0) is 11.8 Å². The van der Waals surface area contributed by atoms with Crippen molar-refractivity contribution in [1.29, 1.82) is 0 Å². The Hall–Kier alpha value is 0.1000. The van der Waals surface area contributed by atoms with Gasteiger partial charge in [0.05, 0.1) is 11.2 Å². The molecule has 0 spiro atoms. The summed E-state index contributed by atoms with van der Waals surface area (Å²) in [5.41, 5.74) is 4.30. The van der Waals surface area contributed by atoms with Crippen molar-refractivity contribution in [1.82, 2.24) is 4.98 Å². The molecule has 0 unspecified atom stereocenters. The lowest BCUT2D eigenvalue weighted by Crippen LogP contribution is -2.33. The van der Waals surface area contributed by atoms with E-state index in [-0.39, 0.29) is 5.41 Å². The Labute approximate surface area is 133 Å². The predicted octanol–water partition coefficient (Wildman–Crippen LogP) is 5.07. The number of aromatic nitrogens is 1. The summed E-state index contributed by atoms with van der Waals surface area (Å²) in [5.74, 6) is 0. The van der Waals surface area contributed by atoms with Crippen LogP contribution in [0.4, 0.5) is 0 Å². The van der Waals surface area contributed by atoms with Gasteiger partial charge in [-0.15, -0.1) is 11.3 Å². The summed E-state index contributed by atoms with van der Waals surface area (Å²) >= 11 is 14.9. The maximum absolute atomic E-state index is 5.96. The maximum atomic E-state index is 5.96. The zero-order valence-corrected chi connectivity index (χ0v) is 14.3. The van der Waals surface area contributed by atoms with Gasteiger partial charge in [-0.2, -0.15) is 0 Å². The first kappa shape index (κ1) is 14.5. The first-order valence-electron chi connectivity index (χ1n) is 5.45. The van der Waals surface area contributed by atoms with Gasteiger partial charge in [-0.05, 0) is 17.7 Å². The average Bonchev–Trinajstić information content (AvgIpc) is 2.90. The van der Waals surface area contributed by atoms with E-state index in [1.165, 1.54) is 5.56 Å². The highest BCUT2D eigenvalue weighted by molar-refractivity contribution is 9.09. The summed E-state index contributed by atoms with van der Waals surface area (Å²) in [6.07, 6.45) is 0.911. The Kier molecular flexibility index (Phi) is 5.24. The second-order valence-electron chi connectivity index (χ2n) is 4.21. The minimum atomic E-state index is 0.0126. The zero-order chi connectivity index (χ0) is 13.0. The molecule has 0 atom stereocenters. The Balaban J connectivity index is 2.33. The van der Waals surface area contributed by atoms with Gasteiger partial charge in [-0.3, -0.25) is 0 Å². The van der Waals surface area contributed by atoms with Gasteiger partial charge in [-0.25, -0.2) is 4.98 Å². The smallest absolute Gasteiger partial charge is 0.0794 e. The molecule has 1 heterocycles. The summed E-state index contributed by atoms with van der Waals surface area (Å²) in [5, 5.41) is 4.63. The lowest BCUT2D eigenvalue weighted by Gasteiger charge is -2.30. The van der Waals surface area contributed by atoms with Gasteiger partial charge in [0.25, 0.3) is 0 Å². The van der Waals surface area contributed by atoms with Gasteiger partial charge in [0, 0.05) is 32.9 Å². The largest absolute Gasteiger partial charge is 0.250 e. The Morgan fingerprint density at radius 2 is 1.83 bits per heavy atom. The molecule has 5 heteroatoms. The lowest BCUT2D eigenvalue weighted by atomic mass is 9.80. The van der Waals surface area contributed by atoms with Crippen molar-refractivity contribution in [2.45, 2.75) is 11.8 Å². The number of thiazole rings is 1. The molecule has 0 N–H and O–H groups in total. The van der Waals surface area contributed by atoms with Crippen LogP contribution in [0.1, 0.15) is 11.3 Å². The van der Waals surface area contributed by atoms with Crippen molar-refractivity contribution < 1.29 is 0 Å². The number of halogens is 3. The van der Waals surface area contributed by atoms with Gasteiger partial charge in [0.15, 0.2) is 0 Å². The fourth-order valence-corrected chi connectivity index (χ4v) is 4.52. The third-order valence-corrected chi connectivity index (χ3v) is 6.01. The highest BCUT2D eigenvalue weighted by Crippen LogP contribution is 2.33. The lowest BCUT2D eigenvalue weighted by molar-refractivity contribution is 0.545. The molecular weight excluding hydrogens is 397 g/mol. The molecule has 0 aliphatic heterocycles. The van der Waals surface area contributed by atoms with E-state index in [2.05, 4.69) is 54.4 Å². The number of alkyl halides is 2. The van der Waals surface area contributed by atoms with E-state index in [4.69, 9.17) is 11.6 Å². The SMILES string of the molecule is Clc1ccc(C(CBr)(CBr)Cc2cscn2)cc1. The summed E-state index contributed by atoms with van der Waals surface area (Å²) < 4.78 is 0. The van der Waals surface area contributed by atoms with Crippen LogP contribution in [0, 0.1) is 0 Å². The van der Waals surface area contributed by atoms with Crippen LogP contribution in [0.25, 0.3) is 0 Å². The Morgan fingerprint density at radius 1 is 1.17 bits per heavy atom. The molecule has 2 rings (SSSR count). The monoisotopic (exact) mass is 407 g/mol. The molecule has 0 radical (unpaired) electrons. The van der Waals surface area contributed by atoms with Gasteiger partial charge < -0.3 is 0 Å². The summed E-state index contributed by atoms with van der Waals surface area (Å²) in [6.45, 7) is 0. The molecule has 1 aromatic heterocycles. The summed E-state index contributed by atoms with van der Waals surface area (Å²) in [7, 11) is 0. The number of nitrogens with zero attached hydrogens (tertiary/aromatic N) is 1. The van der Waals surface area contributed by atoms with E-state index >= 15 is 0 Å². The van der Waals surface area contributed by atoms with E-state index in [9.17, 15) is 0 Å². The molecule has 0 saturated carbocycles. The van der Waals surface area contributed by atoms with Gasteiger partial charge in [-0.1, -0.05) is 55.6 Å². The van der Waals surface area contributed by atoms with Crippen LogP contribution < -0.4 is 0 Å². The van der Waals surface area contributed by atoms with E-state index in [1.807, 2.05) is 17.6 Å². The molecule has 0 saturated heterocycles. The van der Waals surface area contributed by atoms with Crippen molar-refractivity contribution in [2.24, 2.45) is 0 Å². The second kappa shape index (κ2) is 6.51. The molecule has 0 aliphatic carbocycles. The third-order valence-electron chi connectivity index (χ3n) is 2.97. The zero-order valence-electron chi connectivity index (χ0n) is 9.57. The van der Waals surface area contributed by atoms with Crippen molar-refractivity contribution in [2.75, 3.05) is 10.7 Å². The molecular formula is C13H12Br2ClNS. The highest BCUT2D eigenvalue weighted by Gasteiger charge is 2.31. The minimum absolute atomic E-state index is 0.0126. The van der Waals surface area contributed by atoms with Crippen LogP contribution in [0.5, 0.6) is 0 Å². The van der Waals surface area contributed by atoms with Crippen LogP contribution in [0.15, 0.2) is 35.2 Å². The van der Waals surface area contributed by atoms with Gasteiger partial charge >= 0.3 is 0 Å². The summed E-state index contributed by atoms with van der Waals surface area (Å²) in [4.78, 5) is 4.39. The standard InChI is InChI=1S/C13H12Br2ClNS/c14-7-13(8-15,5-12-6-18-9-17-12)10-1-3-11(16)4-2-10/h1-4,6,9H,5,7-8H2. The predicted molar refractivity (Wildman–Crippen MR) is 86.5 cm³/mol. The topological polar surface area (TPSA) is 12.9 Å². The van der Waals surface area contributed by atoms with Crippen LogP contribution in [-0.4, -0.2) is 15.6 Å². The van der Waals surface area contributed by atoms with Gasteiger partial charge in [0.1, 0.15) is 0 Å². The van der Waals surface area contributed by atoms with Crippen molar-refractivity contribution in [3.63, 3.8) is 0 Å². The molecule has 1 nitrogen and oxygen atoms in total. The third kappa shape index (κ3) is 3.16. The van der Waals surface area contributed by atoms with Crippen LogP contribution >= 0.6 is 54.8 Å². The number of hydrogen-bond donors (Lipinski definition) is 0. The quantitative estimate of drug-likeness (QED) is 0.629. The fourth-order valence-electron chi connectivity index (χ4n) is 1.86. The first-order valence-corrected chi connectivity index (χ1v) is 9.01. The molecule has 0 fully saturated rings. The average molecular weight is 410 g/mol. The molecule has 0 bridgehead atoms. The van der Waals surface area contributed by atoms with E-state index in [0.717, 1.165) is 27.8 Å². The number of hydrogen-bond acceptors (Lipinski definition) is 2. The highest BCUT2D eigenvalue weighted by atomic mass is 79.9. The van der Waals surface area contributed by atoms with E-state index in [1.54, 1.807) is 11.3 Å². The molecule has 2 aromatic rings. The molecule has 1 aromatic carbocycles. The van der Waals surface area contributed by atoms with Crippen LogP contribution in [0.2, 0.25) is 5.02 Å². The fraction of sp³-hybridized carbons (Fsp3) is 0.308. The first-order chi connectivity index (χ1) is 8.70. The maximum Gasteiger partial charge on any atom is 0.0794 e. The van der Waals surface area contributed by atoms with E-state index in [0.29, 0.717) is 0 Å². The number of rotatable bonds is 5. The summed E-state index contributed by atoms with van der Waals surface area (Å²) in [6, 6.07) is 8.07. The molecule has 0 aliphatic rings. The number of benzene rings is 1. The minimum Gasteiger partial charge on any atom is -0.250 e.